The number of rotatable bonds is 6. The molecule has 0 atom stereocenters. The zero-order chi connectivity index (χ0) is 35.3. The average molecular weight is 668 g/mol. The largest absolute Gasteiger partial charge is 0.416 e. The van der Waals surface area contributed by atoms with E-state index >= 15 is 0 Å². The first kappa shape index (κ1) is 33.0. The van der Waals surface area contributed by atoms with Gasteiger partial charge in [-0.3, -0.25) is 0 Å². The number of allylic oxidation sites excluding steroid dienone is 5. The van der Waals surface area contributed by atoms with Gasteiger partial charge in [0, 0.05) is 63.9 Å². The minimum absolute atomic E-state index is 0.193. The fourth-order valence-corrected chi connectivity index (χ4v) is 7.32. The lowest BCUT2D eigenvalue weighted by Gasteiger charge is -2.39. The van der Waals surface area contributed by atoms with E-state index < -0.39 is 17.2 Å². The molecule has 252 valence electrons. The monoisotopic (exact) mass is 667 g/mol. The summed E-state index contributed by atoms with van der Waals surface area (Å²) >= 11 is 0. The van der Waals surface area contributed by atoms with Crippen LogP contribution < -0.4 is 14.7 Å². The van der Waals surface area contributed by atoms with E-state index in [1.165, 1.54) is 23.4 Å². The molecule has 0 N–H and O–H groups in total. The second kappa shape index (κ2) is 12.4. The summed E-state index contributed by atoms with van der Waals surface area (Å²) in [6.07, 6.45) is 3.80. The average Bonchev–Trinajstić information content (AvgIpc) is 3.30. The number of nitrogens with zero attached hydrogens (tertiary/aromatic N) is 3. The van der Waals surface area contributed by atoms with Crippen molar-refractivity contribution in [3.05, 3.63) is 180 Å². The Morgan fingerprint density at radius 3 is 1.80 bits per heavy atom. The maximum atomic E-state index is 14.1. The highest BCUT2D eigenvalue weighted by Crippen LogP contribution is 2.49. The van der Waals surface area contributed by atoms with Gasteiger partial charge in [0.1, 0.15) is 0 Å². The molecular formula is C44H40F3N3. The lowest BCUT2D eigenvalue weighted by molar-refractivity contribution is -0.137. The Hall–Kier alpha value is -5.49. The second-order valence-electron chi connectivity index (χ2n) is 13.9. The Morgan fingerprint density at radius 2 is 1.20 bits per heavy atom. The van der Waals surface area contributed by atoms with Crippen LogP contribution in [0.25, 0.3) is 0 Å². The first-order chi connectivity index (χ1) is 23.9. The Labute approximate surface area is 292 Å². The van der Waals surface area contributed by atoms with Crippen molar-refractivity contribution in [3.63, 3.8) is 0 Å². The molecule has 0 spiro atoms. The fourth-order valence-electron chi connectivity index (χ4n) is 7.32. The Balaban J connectivity index is 1.30. The maximum Gasteiger partial charge on any atom is 0.416 e. The van der Waals surface area contributed by atoms with E-state index in [9.17, 15) is 13.2 Å². The van der Waals surface area contributed by atoms with Crippen molar-refractivity contribution in [2.45, 2.75) is 44.7 Å². The second-order valence-corrected chi connectivity index (χ2v) is 13.9. The number of hydrogen-bond acceptors (Lipinski definition) is 3. The van der Waals surface area contributed by atoms with Crippen molar-refractivity contribution in [2.75, 3.05) is 21.7 Å². The number of anilines is 6. The number of hydrogen-bond donors (Lipinski definition) is 0. The van der Waals surface area contributed by atoms with Gasteiger partial charge in [0.25, 0.3) is 0 Å². The zero-order valence-electron chi connectivity index (χ0n) is 28.9. The van der Waals surface area contributed by atoms with Gasteiger partial charge in [0.15, 0.2) is 0 Å². The molecule has 7 rings (SSSR count). The molecule has 2 aliphatic rings. The molecule has 0 fully saturated rings. The number of para-hydroxylation sites is 3. The van der Waals surface area contributed by atoms with E-state index in [0.717, 1.165) is 39.7 Å². The lowest BCUT2D eigenvalue weighted by atomic mass is 9.74. The van der Waals surface area contributed by atoms with Crippen molar-refractivity contribution in [1.29, 1.82) is 0 Å². The number of fused-ring (bicyclic) bond motifs is 2. The van der Waals surface area contributed by atoms with Crippen molar-refractivity contribution in [3.8, 4) is 0 Å². The standard InChI is InChI=1S/C44H40F3N3/c1-42(2)32(15-14-22-41-43(3,4)37-20-12-13-21-39(37)48(41)5)30-49(40-28-23-31(29-38(40)42)44(45,46)47)33-24-26-36(27-25-33)50(34-16-8-6-9-17-34)35-18-10-7-11-19-35/h6-30H,1-5H3/b15-14+,41-22+. The van der Waals surface area contributed by atoms with Gasteiger partial charge in [0.05, 0.1) is 5.56 Å². The molecule has 6 heteroatoms. The van der Waals surface area contributed by atoms with Crippen LogP contribution in [0.1, 0.15) is 44.4 Å². The van der Waals surface area contributed by atoms with Gasteiger partial charge in [-0.15, -0.1) is 0 Å². The van der Waals surface area contributed by atoms with Crippen LogP contribution in [0.15, 0.2) is 163 Å². The third-order valence-electron chi connectivity index (χ3n) is 10.1. The van der Waals surface area contributed by atoms with Gasteiger partial charge in [-0.1, -0.05) is 94.4 Å². The predicted octanol–water partition coefficient (Wildman–Crippen LogP) is 12.4. The van der Waals surface area contributed by atoms with Gasteiger partial charge in [-0.25, -0.2) is 0 Å². The Kier molecular flexibility index (Phi) is 8.22. The fraction of sp³-hybridized carbons (Fsp3) is 0.182. The SMILES string of the molecule is CN1/C(=C/C=C/C2=CN(c3ccc(N(c4ccccc4)c4ccccc4)cc3)c3ccc(C(F)(F)F)cc3C2(C)C)C(C)(C)c2ccccc21. The molecule has 5 aromatic carbocycles. The van der Waals surface area contributed by atoms with Crippen LogP contribution in [0.5, 0.6) is 0 Å². The van der Waals surface area contributed by atoms with Crippen LogP contribution >= 0.6 is 0 Å². The summed E-state index contributed by atoms with van der Waals surface area (Å²) in [5, 5.41) is 0. The maximum absolute atomic E-state index is 14.1. The first-order valence-electron chi connectivity index (χ1n) is 16.8. The number of benzene rings is 5. The topological polar surface area (TPSA) is 9.72 Å². The van der Waals surface area contributed by atoms with E-state index in [1.807, 2.05) is 85.5 Å². The van der Waals surface area contributed by atoms with Crippen LogP contribution in [-0.4, -0.2) is 7.05 Å². The molecular weight excluding hydrogens is 627 g/mol. The smallest absolute Gasteiger partial charge is 0.347 e. The zero-order valence-corrected chi connectivity index (χ0v) is 28.9. The lowest BCUT2D eigenvalue weighted by Crippen LogP contribution is -2.30. The van der Waals surface area contributed by atoms with Crippen molar-refractivity contribution in [1.82, 2.24) is 0 Å². The highest BCUT2D eigenvalue weighted by atomic mass is 19.4. The summed E-state index contributed by atoms with van der Waals surface area (Å²) in [5.74, 6) is 0. The Bertz CT molecular complexity index is 2070. The van der Waals surface area contributed by atoms with E-state index in [-0.39, 0.29) is 5.41 Å². The van der Waals surface area contributed by atoms with E-state index in [1.54, 1.807) is 6.07 Å². The summed E-state index contributed by atoms with van der Waals surface area (Å²) in [5.41, 5.74) is 8.16. The minimum Gasteiger partial charge on any atom is -0.347 e. The molecule has 0 radical (unpaired) electrons. The number of likely N-dealkylation sites (N-methyl/N-ethyl adjacent to an activating group) is 1. The van der Waals surface area contributed by atoms with Crippen molar-refractivity contribution < 1.29 is 13.2 Å². The quantitative estimate of drug-likeness (QED) is 0.178. The van der Waals surface area contributed by atoms with E-state index in [4.69, 9.17) is 0 Å². The molecule has 0 saturated heterocycles. The molecule has 0 bridgehead atoms. The summed E-state index contributed by atoms with van der Waals surface area (Å²) in [6, 6.07) is 41.0. The molecule has 50 heavy (non-hydrogen) atoms. The predicted molar refractivity (Wildman–Crippen MR) is 201 cm³/mol. The Morgan fingerprint density at radius 1 is 0.620 bits per heavy atom. The molecule has 2 aliphatic heterocycles. The molecule has 0 unspecified atom stereocenters. The summed E-state index contributed by atoms with van der Waals surface area (Å²) in [6.45, 7) is 8.43. The summed E-state index contributed by atoms with van der Waals surface area (Å²) in [4.78, 5) is 6.41. The highest BCUT2D eigenvalue weighted by Gasteiger charge is 2.39. The van der Waals surface area contributed by atoms with Crippen LogP contribution in [0.2, 0.25) is 0 Å². The molecule has 3 nitrogen and oxygen atoms in total. The molecule has 0 aliphatic carbocycles. The van der Waals surface area contributed by atoms with Crippen LogP contribution in [0, 0.1) is 0 Å². The van der Waals surface area contributed by atoms with Crippen LogP contribution in [-0.2, 0) is 17.0 Å². The highest BCUT2D eigenvalue weighted by molar-refractivity contribution is 5.80. The van der Waals surface area contributed by atoms with Gasteiger partial charge in [-0.05, 0) is 95.6 Å². The summed E-state index contributed by atoms with van der Waals surface area (Å²) < 4.78 is 42.2. The van der Waals surface area contributed by atoms with Crippen molar-refractivity contribution >= 4 is 34.1 Å². The third-order valence-corrected chi connectivity index (χ3v) is 10.1. The van der Waals surface area contributed by atoms with Gasteiger partial charge in [0.2, 0.25) is 0 Å². The molecule has 5 aromatic rings. The minimum atomic E-state index is -4.45. The van der Waals surface area contributed by atoms with E-state index in [0.29, 0.717) is 5.56 Å². The van der Waals surface area contributed by atoms with Crippen molar-refractivity contribution in [2.24, 2.45) is 0 Å². The van der Waals surface area contributed by atoms with Crippen LogP contribution in [0.4, 0.5) is 47.3 Å². The molecule has 0 amide bonds. The first-order valence-corrected chi connectivity index (χ1v) is 16.8. The van der Waals surface area contributed by atoms with Crippen LogP contribution in [0.3, 0.4) is 0 Å². The molecule has 0 saturated carbocycles. The number of halogens is 3. The third kappa shape index (κ3) is 5.79. The van der Waals surface area contributed by atoms with E-state index in [2.05, 4.69) is 97.6 Å². The molecule has 0 aromatic heterocycles. The van der Waals surface area contributed by atoms with Gasteiger partial charge < -0.3 is 14.7 Å². The number of alkyl halides is 3. The van der Waals surface area contributed by atoms with Gasteiger partial charge >= 0.3 is 6.18 Å². The summed E-state index contributed by atoms with van der Waals surface area (Å²) in [7, 11) is 2.08. The normalized spacial score (nSPS) is 17.1. The molecule has 2 heterocycles. The van der Waals surface area contributed by atoms with Gasteiger partial charge in [-0.2, -0.15) is 13.2 Å².